The third-order valence-electron chi connectivity index (χ3n) is 3.07. The number of thioether (sulfide) groups is 1. The first kappa shape index (κ1) is 14.3. The third-order valence-corrected chi connectivity index (χ3v) is 4.57. The monoisotopic (exact) mass is 295 g/mol. The van der Waals surface area contributed by atoms with E-state index in [0.717, 1.165) is 40.0 Å². The Labute approximate surface area is 123 Å². The van der Waals surface area contributed by atoms with Crippen molar-refractivity contribution < 1.29 is 0 Å². The standard InChI is InChI=1S/C14H18ClN3S/c1-4-18-13(14(15)10(3)17-18)8-19-11-5-6-12(16)9(2)7-11/h5-7H,4,8,16H2,1-3H3. The summed E-state index contributed by atoms with van der Waals surface area (Å²) in [5, 5.41) is 5.20. The van der Waals surface area contributed by atoms with Crippen LogP contribution < -0.4 is 5.73 Å². The molecule has 0 aliphatic carbocycles. The maximum absolute atomic E-state index is 6.30. The van der Waals surface area contributed by atoms with Gasteiger partial charge in [0.2, 0.25) is 0 Å². The van der Waals surface area contributed by atoms with Gasteiger partial charge in [-0.2, -0.15) is 5.10 Å². The number of halogens is 1. The van der Waals surface area contributed by atoms with Crippen LogP contribution in [-0.4, -0.2) is 9.78 Å². The molecule has 102 valence electrons. The second-order valence-electron chi connectivity index (χ2n) is 4.47. The number of nitrogen functional groups attached to an aromatic ring is 1. The number of anilines is 1. The Morgan fingerprint density at radius 1 is 1.37 bits per heavy atom. The molecule has 2 rings (SSSR count). The van der Waals surface area contributed by atoms with Crippen LogP contribution in [0.4, 0.5) is 5.69 Å². The van der Waals surface area contributed by atoms with E-state index in [-0.39, 0.29) is 0 Å². The van der Waals surface area contributed by atoms with Crippen molar-refractivity contribution in [2.75, 3.05) is 5.73 Å². The van der Waals surface area contributed by atoms with Crippen molar-refractivity contribution in [2.45, 2.75) is 38.0 Å². The van der Waals surface area contributed by atoms with E-state index in [2.05, 4.69) is 18.1 Å². The van der Waals surface area contributed by atoms with E-state index in [0.29, 0.717) is 0 Å². The first-order chi connectivity index (χ1) is 9.02. The maximum atomic E-state index is 6.30. The molecule has 19 heavy (non-hydrogen) atoms. The first-order valence-corrected chi connectivity index (χ1v) is 7.60. The van der Waals surface area contributed by atoms with Gasteiger partial charge in [-0.3, -0.25) is 4.68 Å². The minimum absolute atomic E-state index is 0.779. The number of nitrogens with two attached hydrogens (primary N) is 1. The van der Waals surface area contributed by atoms with E-state index < -0.39 is 0 Å². The van der Waals surface area contributed by atoms with E-state index in [1.165, 1.54) is 4.90 Å². The Hall–Kier alpha value is -1.13. The predicted molar refractivity (Wildman–Crippen MR) is 82.8 cm³/mol. The lowest BCUT2D eigenvalue weighted by molar-refractivity contribution is 0.632. The summed E-state index contributed by atoms with van der Waals surface area (Å²) in [7, 11) is 0. The Morgan fingerprint density at radius 2 is 2.11 bits per heavy atom. The molecule has 2 N–H and O–H groups in total. The highest BCUT2D eigenvalue weighted by Crippen LogP contribution is 2.30. The van der Waals surface area contributed by atoms with Crippen LogP contribution in [0, 0.1) is 13.8 Å². The van der Waals surface area contributed by atoms with E-state index in [1.54, 1.807) is 11.8 Å². The van der Waals surface area contributed by atoms with Gasteiger partial charge in [0, 0.05) is 22.9 Å². The lowest BCUT2D eigenvalue weighted by Gasteiger charge is -2.07. The molecule has 0 aliphatic heterocycles. The van der Waals surface area contributed by atoms with Crippen LogP contribution in [0.1, 0.15) is 23.9 Å². The molecule has 0 unspecified atom stereocenters. The van der Waals surface area contributed by atoms with Crippen LogP contribution in [0.2, 0.25) is 5.02 Å². The van der Waals surface area contributed by atoms with Crippen LogP contribution in [0.25, 0.3) is 0 Å². The van der Waals surface area contributed by atoms with Crippen molar-refractivity contribution in [1.82, 2.24) is 9.78 Å². The number of aromatic nitrogens is 2. The minimum Gasteiger partial charge on any atom is -0.399 e. The van der Waals surface area contributed by atoms with Gasteiger partial charge < -0.3 is 5.73 Å². The topological polar surface area (TPSA) is 43.8 Å². The molecule has 5 heteroatoms. The second kappa shape index (κ2) is 5.88. The van der Waals surface area contributed by atoms with Gasteiger partial charge in [0.25, 0.3) is 0 Å². The fraction of sp³-hybridized carbons (Fsp3) is 0.357. The van der Waals surface area contributed by atoms with Crippen LogP contribution in [0.3, 0.4) is 0 Å². The molecule has 1 aromatic heterocycles. The summed E-state index contributed by atoms with van der Waals surface area (Å²) in [4.78, 5) is 1.20. The average Bonchev–Trinajstić information content (AvgIpc) is 2.67. The molecule has 0 radical (unpaired) electrons. The SMILES string of the molecule is CCn1nc(C)c(Cl)c1CSc1ccc(N)c(C)c1. The molecule has 0 spiro atoms. The van der Waals surface area contributed by atoms with Gasteiger partial charge in [0.05, 0.1) is 16.4 Å². The Bertz CT molecular complexity index is 593. The normalized spacial score (nSPS) is 10.9. The largest absolute Gasteiger partial charge is 0.399 e. The zero-order valence-electron chi connectivity index (χ0n) is 11.4. The highest BCUT2D eigenvalue weighted by molar-refractivity contribution is 7.98. The smallest absolute Gasteiger partial charge is 0.0855 e. The molecular formula is C14H18ClN3S. The van der Waals surface area contributed by atoms with Gasteiger partial charge in [-0.1, -0.05) is 11.6 Å². The van der Waals surface area contributed by atoms with Gasteiger partial charge >= 0.3 is 0 Å². The fourth-order valence-corrected chi connectivity index (χ4v) is 3.20. The van der Waals surface area contributed by atoms with Crippen LogP contribution >= 0.6 is 23.4 Å². The van der Waals surface area contributed by atoms with E-state index in [9.17, 15) is 0 Å². The van der Waals surface area contributed by atoms with Crippen molar-refractivity contribution >= 4 is 29.1 Å². The fourth-order valence-electron chi connectivity index (χ4n) is 1.90. The maximum Gasteiger partial charge on any atom is 0.0855 e. The quantitative estimate of drug-likeness (QED) is 0.683. The number of benzene rings is 1. The van der Waals surface area contributed by atoms with Crippen molar-refractivity contribution in [2.24, 2.45) is 0 Å². The Balaban J connectivity index is 2.16. The van der Waals surface area contributed by atoms with Gasteiger partial charge in [0.1, 0.15) is 0 Å². The molecule has 0 saturated carbocycles. The molecule has 0 atom stereocenters. The number of hydrogen-bond donors (Lipinski definition) is 1. The summed E-state index contributed by atoms with van der Waals surface area (Å²) in [5.41, 5.74) is 9.74. The summed E-state index contributed by atoms with van der Waals surface area (Å²) in [5.74, 6) is 0.816. The van der Waals surface area contributed by atoms with Crippen LogP contribution in [0.5, 0.6) is 0 Å². The summed E-state index contributed by atoms with van der Waals surface area (Å²) in [6.07, 6.45) is 0. The third kappa shape index (κ3) is 3.07. The minimum atomic E-state index is 0.779. The molecule has 0 fully saturated rings. The van der Waals surface area contributed by atoms with Crippen molar-refractivity contribution in [1.29, 1.82) is 0 Å². The van der Waals surface area contributed by atoms with Crippen molar-refractivity contribution in [3.8, 4) is 0 Å². The van der Waals surface area contributed by atoms with E-state index >= 15 is 0 Å². The first-order valence-electron chi connectivity index (χ1n) is 6.23. The zero-order valence-corrected chi connectivity index (χ0v) is 13.0. The van der Waals surface area contributed by atoms with Gasteiger partial charge in [-0.05, 0) is 44.5 Å². The molecule has 0 bridgehead atoms. The molecule has 0 saturated heterocycles. The highest BCUT2D eigenvalue weighted by atomic mass is 35.5. The van der Waals surface area contributed by atoms with E-state index in [4.69, 9.17) is 17.3 Å². The molecule has 2 aromatic rings. The van der Waals surface area contributed by atoms with Crippen LogP contribution in [-0.2, 0) is 12.3 Å². The number of rotatable bonds is 4. The summed E-state index contributed by atoms with van der Waals surface area (Å²) in [6, 6.07) is 6.09. The molecule has 1 aromatic carbocycles. The van der Waals surface area contributed by atoms with Crippen LogP contribution in [0.15, 0.2) is 23.1 Å². The van der Waals surface area contributed by atoms with Gasteiger partial charge in [-0.15, -0.1) is 11.8 Å². The molecule has 1 heterocycles. The summed E-state index contributed by atoms with van der Waals surface area (Å²) >= 11 is 8.05. The molecule has 0 amide bonds. The predicted octanol–water partition coefficient (Wildman–Crippen LogP) is 4.05. The van der Waals surface area contributed by atoms with Crippen molar-refractivity contribution in [3.05, 3.63) is 40.2 Å². The number of aryl methyl sites for hydroxylation is 3. The summed E-state index contributed by atoms with van der Waals surface area (Å²) in [6.45, 7) is 6.87. The van der Waals surface area contributed by atoms with Gasteiger partial charge in [0.15, 0.2) is 0 Å². The molecule has 3 nitrogen and oxygen atoms in total. The number of nitrogens with zero attached hydrogens (tertiary/aromatic N) is 2. The Morgan fingerprint density at radius 3 is 2.74 bits per heavy atom. The Kier molecular flexibility index (Phi) is 4.42. The van der Waals surface area contributed by atoms with E-state index in [1.807, 2.05) is 30.7 Å². The lowest BCUT2D eigenvalue weighted by atomic mass is 10.2. The molecule has 0 aliphatic rings. The van der Waals surface area contributed by atoms with Crippen molar-refractivity contribution in [3.63, 3.8) is 0 Å². The number of hydrogen-bond acceptors (Lipinski definition) is 3. The lowest BCUT2D eigenvalue weighted by Crippen LogP contribution is -2.01. The van der Waals surface area contributed by atoms with Gasteiger partial charge in [-0.25, -0.2) is 0 Å². The summed E-state index contributed by atoms with van der Waals surface area (Å²) < 4.78 is 1.97. The highest BCUT2D eigenvalue weighted by Gasteiger charge is 2.12. The molecular weight excluding hydrogens is 278 g/mol. The average molecular weight is 296 g/mol. The second-order valence-corrected chi connectivity index (χ2v) is 5.90. The zero-order chi connectivity index (χ0) is 14.0.